The van der Waals surface area contributed by atoms with Crippen LogP contribution in [0.3, 0.4) is 0 Å². The molecule has 0 nitrogen and oxygen atoms in total. The van der Waals surface area contributed by atoms with Gasteiger partial charge < -0.3 is 0 Å². The van der Waals surface area contributed by atoms with Crippen molar-refractivity contribution in [1.29, 1.82) is 0 Å². The van der Waals surface area contributed by atoms with Crippen molar-refractivity contribution >= 4 is 0 Å². The van der Waals surface area contributed by atoms with Crippen LogP contribution in [0.5, 0.6) is 0 Å². The summed E-state index contributed by atoms with van der Waals surface area (Å²) in [6, 6.07) is 15.1. The summed E-state index contributed by atoms with van der Waals surface area (Å²) in [6.07, 6.45) is 6.40. The molecule has 4 heteroatoms. The van der Waals surface area contributed by atoms with E-state index in [0.717, 1.165) is 36.3 Å². The van der Waals surface area contributed by atoms with Crippen LogP contribution in [0.25, 0.3) is 0 Å². The Balaban J connectivity index is 1.41. The molecule has 0 radical (unpaired) electrons. The highest BCUT2D eigenvalue weighted by atomic mass is 19.2. The molecule has 1 aliphatic rings. The van der Waals surface area contributed by atoms with Crippen LogP contribution in [0.15, 0.2) is 48.5 Å². The molecule has 0 aliphatic heterocycles. The summed E-state index contributed by atoms with van der Waals surface area (Å²) in [5, 5.41) is 0. The first-order valence-electron chi connectivity index (χ1n) is 11.9. The van der Waals surface area contributed by atoms with Crippen molar-refractivity contribution in [2.45, 2.75) is 46.0 Å². The van der Waals surface area contributed by atoms with Crippen molar-refractivity contribution in [2.24, 2.45) is 11.8 Å². The number of hydrogen-bond acceptors (Lipinski definition) is 0. The van der Waals surface area contributed by atoms with Gasteiger partial charge in [0, 0.05) is 22.3 Å². The third kappa shape index (κ3) is 5.95. The van der Waals surface area contributed by atoms with Crippen LogP contribution in [-0.4, -0.2) is 0 Å². The number of halogens is 4. The average molecular weight is 475 g/mol. The topological polar surface area (TPSA) is 0 Å². The number of rotatable bonds is 2. The Hall–Kier alpha value is -3.50. The average Bonchev–Trinajstić information content (AvgIpc) is 2.88. The zero-order valence-electron chi connectivity index (χ0n) is 19.8. The van der Waals surface area contributed by atoms with Crippen LogP contribution in [-0.2, 0) is 6.42 Å². The largest absolute Gasteiger partial charge is 0.203 e. The minimum absolute atomic E-state index is 0.442. The van der Waals surface area contributed by atoms with Gasteiger partial charge in [-0.25, -0.2) is 17.6 Å². The van der Waals surface area contributed by atoms with E-state index in [-0.39, 0.29) is 0 Å². The molecule has 0 atom stereocenters. The van der Waals surface area contributed by atoms with Crippen molar-refractivity contribution in [2.75, 3.05) is 0 Å². The van der Waals surface area contributed by atoms with E-state index in [4.69, 9.17) is 0 Å². The van der Waals surface area contributed by atoms with E-state index in [2.05, 4.69) is 42.7 Å². The fourth-order valence-corrected chi connectivity index (χ4v) is 4.36. The van der Waals surface area contributed by atoms with Crippen LogP contribution in [0.4, 0.5) is 17.6 Å². The van der Waals surface area contributed by atoms with Crippen LogP contribution >= 0.6 is 0 Å². The van der Waals surface area contributed by atoms with Gasteiger partial charge in [-0.3, -0.25) is 0 Å². The summed E-state index contributed by atoms with van der Waals surface area (Å²) in [7, 11) is 0. The molecule has 0 aromatic heterocycles. The molecule has 1 saturated carbocycles. The molecule has 0 N–H and O–H groups in total. The van der Waals surface area contributed by atoms with Crippen molar-refractivity contribution in [1.82, 2.24) is 0 Å². The van der Waals surface area contributed by atoms with Crippen molar-refractivity contribution in [3.05, 3.63) is 105 Å². The zero-order valence-corrected chi connectivity index (χ0v) is 19.8. The van der Waals surface area contributed by atoms with Gasteiger partial charge in [-0.15, -0.1) is 0 Å². The van der Waals surface area contributed by atoms with Gasteiger partial charge in [0.25, 0.3) is 0 Å². The second-order valence-electron chi connectivity index (χ2n) is 9.36. The molecule has 3 aromatic rings. The zero-order chi connectivity index (χ0) is 24.9. The highest BCUT2D eigenvalue weighted by Crippen LogP contribution is 2.30. The molecule has 178 valence electrons. The van der Waals surface area contributed by atoms with Gasteiger partial charge in [0.05, 0.1) is 0 Å². The van der Waals surface area contributed by atoms with Crippen molar-refractivity contribution in [3.8, 4) is 23.7 Å². The third-order valence-electron chi connectivity index (χ3n) is 6.66. The summed E-state index contributed by atoms with van der Waals surface area (Å²) in [4.78, 5) is 0. The van der Waals surface area contributed by atoms with E-state index < -0.39 is 34.4 Å². The van der Waals surface area contributed by atoms with Gasteiger partial charge in [-0.1, -0.05) is 55.6 Å². The van der Waals surface area contributed by atoms with Gasteiger partial charge in [0.15, 0.2) is 23.3 Å². The summed E-state index contributed by atoms with van der Waals surface area (Å²) < 4.78 is 55.4. The Labute approximate surface area is 204 Å². The SMILES string of the molecule is Cc1c(F)c(F)c(C#Cc2ccc(C#Cc3ccc(CC4CCC(C)CC4)cc3)cc2)c(F)c1F. The van der Waals surface area contributed by atoms with E-state index in [0.29, 0.717) is 5.56 Å². The molecule has 0 amide bonds. The molecule has 4 rings (SSSR count). The maximum absolute atomic E-state index is 14.0. The fraction of sp³-hybridized carbons (Fsp3) is 0.290. The predicted octanol–water partition coefficient (Wildman–Crippen LogP) is 7.72. The second kappa shape index (κ2) is 10.8. The Bertz CT molecular complexity index is 1290. The Morgan fingerprint density at radius 3 is 1.54 bits per heavy atom. The van der Waals surface area contributed by atoms with Crippen LogP contribution < -0.4 is 0 Å². The highest BCUT2D eigenvalue weighted by Gasteiger charge is 2.22. The Morgan fingerprint density at radius 2 is 1.06 bits per heavy atom. The summed E-state index contributed by atoms with van der Waals surface area (Å²) in [5.41, 5.74) is 1.83. The molecule has 0 heterocycles. The maximum Gasteiger partial charge on any atom is 0.177 e. The molecule has 35 heavy (non-hydrogen) atoms. The van der Waals surface area contributed by atoms with Crippen LogP contribution in [0.2, 0.25) is 0 Å². The monoisotopic (exact) mass is 474 g/mol. The highest BCUT2D eigenvalue weighted by molar-refractivity contribution is 5.49. The van der Waals surface area contributed by atoms with Crippen molar-refractivity contribution < 1.29 is 17.6 Å². The lowest BCUT2D eigenvalue weighted by Gasteiger charge is -2.26. The van der Waals surface area contributed by atoms with Gasteiger partial charge >= 0.3 is 0 Å². The standard InChI is InChI=1S/C31H26F4/c1-20-3-5-25(6-4-20)19-26-15-13-23(14-16-26)8-7-22-9-11-24(12-10-22)17-18-27-30(34)28(32)21(2)29(33)31(27)35/h9-16,20,25H,3-6,19H2,1-2H3. The van der Waals surface area contributed by atoms with Crippen LogP contribution in [0.1, 0.15) is 66.0 Å². The molecule has 0 saturated heterocycles. The quantitative estimate of drug-likeness (QED) is 0.203. The normalized spacial score (nSPS) is 17.2. The van der Waals surface area contributed by atoms with E-state index in [1.54, 1.807) is 24.3 Å². The van der Waals surface area contributed by atoms with E-state index in [9.17, 15) is 17.6 Å². The predicted molar refractivity (Wildman–Crippen MR) is 131 cm³/mol. The van der Waals surface area contributed by atoms with Gasteiger partial charge in [-0.05, 0) is 80.0 Å². The molecule has 1 aliphatic carbocycles. The molecule has 1 fully saturated rings. The molecular weight excluding hydrogens is 448 g/mol. The first-order chi connectivity index (χ1) is 16.8. The second-order valence-corrected chi connectivity index (χ2v) is 9.36. The molecule has 0 bridgehead atoms. The Morgan fingerprint density at radius 1 is 0.629 bits per heavy atom. The minimum Gasteiger partial charge on any atom is -0.203 e. The molecule has 0 unspecified atom stereocenters. The van der Waals surface area contributed by atoms with E-state index in [1.165, 1.54) is 31.2 Å². The van der Waals surface area contributed by atoms with Crippen molar-refractivity contribution in [3.63, 3.8) is 0 Å². The fourth-order valence-electron chi connectivity index (χ4n) is 4.36. The maximum atomic E-state index is 14.0. The summed E-state index contributed by atoms with van der Waals surface area (Å²) in [6.45, 7) is 3.31. The van der Waals surface area contributed by atoms with Crippen LogP contribution in [0, 0.1) is 65.7 Å². The lowest BCUT2D eigenvalue weighted by molar-refractivity contribution is 0.289. The van der Waals surface area contributed by atoms with Gasteiger partial charge in [-0.2, -0.15) is 0 Å². The summed E-state index contributed by atoms with van der Waals surface area (Å²) in [5.74, 6) is 6.77. The molecular formula is C31H26F4. The van der Waals surface area contributed by atoms with Gasteiger partial charge in [0.1, 0.15) is 5.56 Å². The summed E-state index contributed by atoms with van der Waals surface area (Å²) >= 11 is 0. The van der Waals surface area contributed by atoms with E-state index in [1.807, 2.05) is 12.1 Å². The molecule has 3 aromatic carbocycles. The first kappa shape index (κ1) is 24.6. The van der Waals surface area contributed by atoms with E-state index >= 15 is 0 Å². The third-order valence-corrected chi connectivity index (χ3v) is 6.66. The minimum atomic E-state index is -1.49. The Kier molecular flexibility index (Phi) is 7.62. The smallest absolute Gasteiger partial charge is 0.177 e. The molecule has 0 spiro atoms. The number of benzene rings is 3. The first-order valence-corrected chi connectivity index (χ1v) is 11.9. The lowest BCUT2D eigenvalue weighted by Crippen LogP contribution is -2.14. The lowest BCUT2D eigenvalue weighted by atomic mass is 9.80. The van der Waals surface area contributed by atoms with Gasteiger partial charge in [0.2, 0.25) is 0 Å². The number of hydrogen-bond donors (Lipinski definition) is 0.